The number of ether oxygens (including phenoxy) is 1. The number of rotatable bonds is 3. The van der Waals surface area contributed by atoms with Crippen molar-refractivity contribution < 1.29 is 9.53 Å². The highest BCUT2D eigenvalue weighted by molar-refractivity contribution is 5.68. The summed E-state index contributed by atoms with van der Waals surface area (Å²) in [5.74, 6) is 0.0968. The lowest BCUT2D eigenvalue weighted by Crippen LogP contribution is -2.38. The van der Waals surface area contributed by atoms with Crippen LogP contribution in [0.25, 0.3) is 0 Å². The van der Waals surface area contributed by atoms with E-state index in [0.29, 0.717) is 13.1 Å². The van der Waals surface area contributed by atoms with Crippen molar-refractivity contribution in [2.24, 2.45) is 7.05 Å². The average Bonchev–Trinajstić information content (AvgIpc) is 3.12. The van der Waals surface area contributed by atoms with Crippen LogP contribution in [0.1, 0.15) is 28.2 Å². The van der Waals surface area contributed by atoms with Gasteiger partial charge >= 0.3 is 6.09 Å². The van der Waals surface area contributed by atoms with E-state index in [2.05, 4.69) is 22.2 Å². The number of carbonyl (C=O) groups excluding carboxylic acids is 1. The first kappa shape index (κ1) is 16.3. The average molecular weight is 348 g/mol. The number of carbonyl (C=O) groups is 1. The van der Waals surface area contributed by atoms with Gasteiger partial charge in [0.15, 0.2) is 0 Å². The number of fused-ring (bicyclic) bond motifs is 1. The van der Waals surface area contributed by atoms with E-state index in [1.807, 2.05) is 43.7 Å². The molecule has 6 nitrogen and oxygen atoms in total. The normalized spacial score (nSPS) is 16.2. The molecule has 0 aliphatic carbocycles. The Labute approximate surface area is 152 Å². The molecule has 1 aliphatic heterocycles. The van der Waals surface area contributed by atoms with Crippen molar-refractivity contribution in [3.8, 4) is 0 Å². The van der Waals surface area contributed by atoms with E-state index in [9.17, 15) is 4.79 Å². The van der Waals surface area contributed by atoms with Gasteiger partial charge in [0, 0.05) is 50.2 Å². The summed E-state index contributed by atoms with van der Waals surface area (Å²) in [7, 11) is 1.90. The van der Waals surface area contributed by atoms with E-state index in [4.69, 9.17) is 4.74 Å². The van der Waals surface area contributed by atoms with Crippen LogP contribution in [-0.2, 0) is 24.9 Å². The fraction of sp³-hybridized carbons (Fsp3) is 0.250. The van der Waals surface area contributed by atoms with Crippen LogP contribution in [0, 0.1) is 0 Å². The Morgan fingerprint density at radius 2 is 2.12 bits per heavy atom. The lowest BCUT2D eigenvalue weighted by Gasteiger charge is -2.33. The van der Waals surface area contributed by atoms with E-state index in [1.165, 1.54) is 5.56 Å². The third kappa shape index (κ3) is 3.31. The molecule has 0 bridgehead atoms. The molecule has 3 aromatic rings. The minimum atomic E-state index is -0.308. The largest absolute Gasteiger partial charge is 0.444 e. The van der Waals surface area contributed by atoms with E-state index in [1.54, 1.807) is 22.0 Å². The first-order valence-corrected chi connectivity index (χ1v) is 8.57. The maximum Gasteiger partial charge on any atom is 0.410 e. The molecule has 3 heterocycles. The van der Waals surface area contributed by atoms with Crippen LogP contribution >= 0.6 is 0 Å². The van der Waals surface area contributed by atoms with Crippen LogP contribution < -0.4 is 0 Å². The van der Waals surface area contributed by atoms with Crippen LogP contribution in [0.3, 0.4) is 0 Å². The number of hydrogen-bond acceptors (Lipinski definition) is 4. The lowest BCUT2D eigenvalue weighted by atomic mass is 9.86. The topological polar surface area (TPSA) is 60.2 Å². The smallest absolute Gasteiger partial charge is 0.410 e. The second-order valence-electron chi connectivity index (χ2n) is 6.50. The maximum absolute atomic E-state index is 12.6. The van der Waals surface area contributed by atoms with Gasteiger partial charge in [0.1, 0.15) is 6.61 Å². The molecule has 0 radical (unpaired) electrons. The van der Waals surface area contributed by atoms with Gasteiger partial charge in [0.05, 0.1) is 6.20 Å². The lowest BCUT2D eigenvalue weighted by molar-refractivity contribution is 0.0897. The molecule has 0 saturated heterocycles. The highest BCUT2D eigenvalue weighted by Crippen LogP contribution is 2.33. The molecule has 1 aromatic carbocycles. The molecule has 0 fully saturated rings. The fourth-order valence-electron chi connectivity index (χ4n) is 3.37. The van der Waals surface area contributed by atoms with Gasteiger partial charge in [0.25, 0.3) is 0 Å². The summed E-state index contributed by atoms with van der Waals surface area (Å²) in [5.41, 5.74) is 4.37. The predicted octanol–water partition coefficient (Wildman–Crippen LogP) is 3.10. The number of amides is 1. The van der Waals surface area contributed by atoms with Crippen molar-refractivity contribution in [2.75, 3.05) is 6.54 Å². The number of pyridine rings is 1. The molecule has 4 rings (SSSR count). The van der Waals surface area contributed by atoms with Gasteiger partial charge in [-0.25, -0.2) is 4.79 Å². The van der Waals surface area contributed by atoms with Crippen LogP contribution in [0.4, 0.5) is 4.79 Å². The third-order valence-corrected chi connectivity index (χ3v) is 4.67. The van der Waals surface area contributed by atoms with Gasteiger partial charge < -0.3 is 9.64 Å². The van der Waals surface area contributed by atoms with Gasteiger partial charge in [-0.3, -0.25) is 9.67 Å². The number of hydrogen-bond donors (Lipinski definition) is 0. The molecule has 0 spiro atoms. The molecule has 2 aromatic heterocycles. The highest BCUT2D eigenvalue weighted by Gasteiger charge is 2.30. The van der Waals surface area contributed by atoms with Crippen molar-refractivity contribution in [3.63, 3.8) is 0 Å². The molecule has 26 heavy (non-hydrogen) atoms. The van der Waals surface area contributed by atoms with Crippen molar-refractivity contribution in [2.45, 2.75) is 19.1 Å². The van der Waals surface area contributed by atoms with Crippen LogP contribution in [0.15, 0.2) is 61.2 Å². The quantitative estimate of drug-likeness (QED) is 0.730. The first-order valence-electron chi connectivity index (χ1n) is 8.57. The molecule has 1 atom stereocenters. The molecule has 1 amide bonds. The summed E-state index contributed by atoms with van der Waals surface area (Å²) >= 11 is 0. The van der Waals surface area contributed by atoms with Crippen molar-refractivity contribution >= 4 is 6.09 Å². The fourth-order valence-corrected chi connectivity index (χ4v) is 3.37. The zero-order valence-corrected chi connectivity index (χ0v) is 14.6. The van der Waals surface area contributed by atoms with Crippen molar-refractivity contribution in [3.05, 3.63) is 83.4 Å². The van der Waals surface area contributed by atoms with Gasteiger partial charge in [0.2, 0.25) is 0 Å². The molecular weight excluding hydrogens is 328 g/mol. The first-order chi connectivity index (χ1) is 12.7. The number of nitrogens with zero attached hydrogens (tertiary/aromatic N) is 4. The van der Waals surface area contributed by atoms with Crippen LogP contribution in [0.5, 0.6) is 0 Å². The predicted molar refractivity (Wildman–Crippen MR) is 96.3 cm³/mol. The minimum absolute atomic E-state index is 0.0968. The number of benzene rings is 1. The Balaban J connectivity index is 1.54. The molecule has 0 N–H and O–H groups in total. The Bertz CT molecular complexity index is 907. The van der Waals surface area contributed by atoms with Crippen molar-refractivity contribution in [1.82, 2.24) is 19.7 Å². The SMILES string of the molecule is Cn1cc([C@@H]2CN(C(=O)OCc3cccnc3)Cc3ccccc32)cn1. The maximum atomic E-state index is 12.6. The highest BCUT2D eigenvalue weighted by atomic mass is 16.6. The Morgan fingerprint density at radius 3 is 2.88 bits per heavy atom. The van der Waals surface area contributed by atoms with E-state index >= 15 is 0 Å². The second-order valence-corrected chi connectivity index (χ2v) is 6.50. The molecule has 6 heteroatoms. The molecule has 132 valence electrons. The summed E-state index contributed by atoms with van der Waals surface area (Å²) in [6.07, 6.45) is 6.97. The number of aromatic nitrogens is 3. The monoisotopic (exact) mass is 348 g/mol. The summed E-state index contributed by atoms with van der Waals surface area (Å²) < 4.78 is 7.29. The van der Waals surface area contributed by atoms with E-state index in [-0.39, 0.29) is 18.6 Å². The zero-order valence-electron chi connectivity index (χ0n) is 14.6. The van der Waals surface area contributed by atoms with Crippen molar-refractivity contribution in [1.29, 1.82) is 0 Å². The van der Waals surface area contributed by atoms with Gasteiger partial charge in [-0.1, -0.05) is 30.3 Å². The molecule has 0 saturated carbocycles. The number of aryl methyl sites for hydroxylation is 1. The Hall–Kier alpha value is -3.15. The summed E-state index contributed by atoms with van der Waals surface area (Å²) in [5, 5.41) is 4.29. The summed E-state index contributed by atoms with van der Waals surface area (Å²) in [6.45, 7) is 1.36. The molecule has 1 aliphatic rings. The Kier molecular flexibility index (Phi) is 4.39. The minimum Gasteiger partial charge on any atom is -0.444 e. The third-order valence-electron chi connectivity index (χ3n) is 4.67. The summed E-state index contributed by atoms with van der Waals surface area (Å²) in [4.78, 5) is 18.4. The van der Waals surface area contributed by atoms with E-state index in [0.717, 1.165) is 16.7 Å². The summed E-state index contributed by atoms with van der Waals surface area (Å²) in [6, 6.07) is 12.0. The second kappa shape index (κ2) is 7.00. The Morgan fingerprint density at radius 1 is 1.23 bits per heavy atom. The standard InChI is InChI=1S/C20H20N4O2/c1-23-11-17(10-22-23)19-13-24(12-16-6-2-3-7-18(16)19)20(25)26-14-15-5-4-8-21-9-15/h2-11,19H,12-14H2,1H3/t19-/m0/s1. The van der Waals surface area contributed by atoms with Crippen LogP contribution in [0.2, 0.25) is 0 Å². The molecular formula is C20H20N4O2. The van der Waals surface area contributed by atoms with Gasteiger partial charge in [-0.2, -0.15) is 5.10 Å². The van der Waals surface area contributed by atoms with Crippen LogP contribution in [-0.4, -0.2) is 32.3 Å². The van der Waals surface area contributed by atoms with Gasteiger partial charge in [-0.15, -0.1) is 0 Å². The zero-order chi connectivity index (χ0) is 17.9. The van der Waals surface area contributed by atoms with E-state index < -0.39 is 0 Å². The van der Waals surface area contributed by atoms with Gasteiger partial charge in [-0.05, 0) is 22.8 Å². The molecule has 0 unspecified atom stereocenters.